The summed E-state index contributed by atoms with van der Waals surface area (Å²) in [7, 11) is -4.15. The lowest BCUT2D eigenvalue weighted by Gasteiger charge is -2.10. The molecule has 0 radical (unpaired) electrons. The monoisotopic (exact) mass is 487 g/mol. The molecule has 176 valence electrons. The number of rotatable bonds is 5. The summed E-state index contributed by atoms with van der Waals surface area (Å²) in [4.78, 5) is 36.8. The number of hydrogen-bond donors (Lipinski definition) is 3. The van der Waals surface area contributed by atoms with Gasteiger partial charge in [0.25, 0.3) is 21.8 Å². The molecule has 0 aromatic heterocycles. The Morgan fingerprint density at radius 3 is 2.09 bits per heavy atom. The number of carbonyl (C=O) groups excluding carboxylic acids is 3. The maximum absolute atomic E-state index is 12.7. The first-order chi connectivity index (χ1) is 16.7. The van der Waals surface area contributed by atoms with Gasteiger partial charge >= 0.3 is 6.03 Å². The molecule has 0 fully saturated rings. The number of fused-ring (bicyclic) bond motifs is 1. The maximum Gasteiger partial charge on any atom is 0.326 e. The molecule has 0 bridgehead atoms. The van der Waals surface area contributed by atoms with Crippen molar-refractivity contribution in [2.45, 2.75) is 11.8 Å². The van der Waals surface area contributed by atoms with E-state index in [-0.39, 0.29) is 16.1 Å². The summed E-state index contributed by atoms with van der Waals surface area (Å²) >= 11 is 0. The normalized spacial score (nSPS) is 11.0. The zero-order chi connectivity index (χ0) is 25.0. The predicted octanol–water partition coefficient (Wildman–Crippen LogP) is 4.23. The van der Waals surface area contributed by atoms with Gasteiger partial charge in [-0.1, -0.05) is 48.5 Å². The summed E-state index contributed by atoms with van der Waals surface area (Å²) in [6.45, 7) is 1.75. The van der Waals surface area contributed by atoms with Crippen molar-refractivity contribution in [1.82, 2.24) is 10.0 Å². The third-order valence-electron chi connectivity index (χ3n) is 5.28. The van der Waals surface area contributed by atoms with E-state index in [4.69, 9.17) is 0 Å². The molecule has 4 aromatic carbocycles. The zero-order valence-electron chi connectivity index (χ0n) is 18.6. The van der Waals surface area contributed by atoms with Crippen molar-refractivity contribution < 1.29 is 22.8 Å². The highest BCUT2D eigenvalue weighted by Gasteiger charge is 2.19. The van der Waals surface area contributed by atoms with Crippen LogP contribution in [0.5, 0.6) is 0 Å². The first kappa shape index (κ1) is 23.7. The minimum atomic E-state index is -4.15. The van der Waals surface area contributed by atoms with E-state index >= 15 is 0 Å². The predicted molar refractivity (Wildman–Crippen MR) is 133 cm³/mol. The molecular formula is C26H21N3O5S. The van der Waals surface area contributed by atoms with Gasteiger partial charge in [0.1, 0.15) is 0 Å². The molecule has 4 amide bonds. The molecule has 0 aliphatic carbocycles. The van der Waals surface area contributed by atoms with E-state index in [1.807, 2.05) is 24.3 Å². The second-order valence-electron chi connectivity index (χ2n) is 7.74. The smallest absolute Gasteiger partial charge is 0.308 e. The van der Waals surface area contributed by atoms with Crippen LogP contribution in [0.3, 0.4) is 0 Å². The summed E-state index contributed by atoms with van der Waals surface area (Å²) in [6, 6.07) is 23.6. The number of imide groups is 1. The van der Waals surface area contributed by atoms with Crippen LogP contribution in [-0.4, -0.2) is 26.3 Å². The molecule has 8 nitrogen and oxygen atoms in total. The van der Waals surface area contributed by atoms with Crippen LogP contribution >= 0.6 is 0 Å². The number of hydrogen-bond acceptors (Lipinski definition) is 5. The molecule has 9 heteroatoms. The van der Waals surface area contributed by atoms with E-state index in [9.17, 15) is 22.8 Å². The first-order valence-electron chi connectivity index (χ1n) is 10.6. The van der Waals surface area contributed by atoms with Gasteiger partial charge in [0.15, 0.2) is 0 Å². The van der Waals surface area contributed by atoms with Crippen LogP contribution in [0.2, 0.25) is 0 Å². The van der Waals surface area contributed by atoms with Gasteiger partial charge in [-0.25, -0.2) is 17.9 Å². The second-order valence-corrected chi connectivity index (χ2v) is 9.43. The average Bonchev–Trinajstić information content (AvgIpc) is 2.84. The fourth-order valence-electron chi connectivity index (χ4n) is 3.45. The lowest BCUT2D eigenvalue weighted by atomic mass is 10.1. The average molecular weight is 488 g/mol. The van der Waals surface area contributed by atoms with Gasteiger partial charge in [-0.3, -0.25) is 14.9 Å². The number of sulfonamides is 1. The van der Waals surface area contributed by atoms with Crippen molar-refractivity contribution in [2.24, 2.45) is 0 Å². The summed E-state index contributed by atoms with van der Waals surface area (Å²) < 4.78 is 27.4. The molecule has 0 unspecified atom stereocenters. The number of carbonyl (C=O) groups is 3. The molecule has 4 rings (SSSR count). The molecule has 0 atom stereocenters. The highest BCUT2D eigenvalue weighted by molar-refractivity contribution is 7.90. The summed E-state index contributed by atoms with van der Waals surface area (Å²) in [5.41, 5.74) is 1.56. The third-order valence-corrected chi connectivity index (χ3v) is 6.62. The highest BCUT2D eigenvalue weighted by atomic mass is 32.2. The van der Waals surface area contributed by atoms with Gasteiger partial charge in [-0.2, -0.15) is 0 Å². The minimum Gasteiger partial charge on any atom is -0.308 e. The fraction of sp³-hybridized carbons (Fsp3) is 0.0385. The summed E-state index contributed by atoms with van der Waals surface area (Å²) in [5.74, 6) is -1.32. The Bertz CT molecular complexity index is 1550. The van der Waals surface area contributed by atoms with Crippen LogP contribution in [0.1, 0.15) is 26.3 Å². The summed E-state index contributed by atoms with van der Waals surface area (Å²) in [6.07, 6.45) is 0. The van der Waals surface area contributed by atoms with Crippen molar-refractivity contribution in [1.29, 1.82) is 0 Å². The number of amides is 4. The molecule has 3 N–H and O–H groups in total. The molecular weight excluding hydrogens is 466 g/mol. The topological polar surface area (TPSA) is 121 Å². The van der Waals surface area contributed by atoms with Crippen molar-refractivity contribution in [3.05, 3.63) is 108 Å². The molecule has 0 saturated carbocycles. The van der Waals surface area contributed by atoms with E-state index < -0.39 is 27.9 Å². The van der Waals surface area contributed by atoms with Crippen LogP contribution in [0.15, 0.2) is 95.9 Å². The van der Waals surface area contributed by atoms with Crippen molar-refractivity contribution in [2.75, 3.05) is 5.32 Å². The van der Waals surface area contributed by atoms with Gasteiger partial charge in [-0.15, -0.1) is 0 Å². The minimum absolute atomic E-state index is 0.159. The standard InChI is InChI=1S/C26H21N3O5S/c1-17-6-2-5-9-23(17)25(31)28-26(32)27-21-12-14-22(15-13-21)35(33,34)29-24(30)20-11-10-18-7-3-4-8-19(18)16-20/h2-16H,1H3,(H,29,30)(H2,27,28,31,32). The van der Waals surface area contributed by atoms with E-state index in [2.05, 4.69) is 15.4 Å². The maximum atomic E-state index is 12.7. The van der Waals surface area contributed by atoms with Crippen molar-refractivity contribution in [3.63, 3.8) is 0 Å². The van der Waals surface area contributed by atoms with Crippen LogP contribution < -0.4 is 15.4 Å². The van der Waals surface area contributed by atoms with E-state index in [0.29, 0.717) is 5.56 Å². The third kappa shape index (κ3) is 5.53. The Morgan fingerprint density at radius 1 is 0.714 bits per heavy atom. The van der Waals surface area contributed by atoms with Gasteiger partial charge in [0, 0.05) is 16.8 Å². The molecule has 0 aliphatic heterocycles. The van der Waals surface area contributed by atoms with E-state index in [0.717, 1.165) is 16.3 Å². The quantitative estimate of drug-likeness (QED) is 0.389. The zero-order valence-corrected chi connectivity index (χ0v) is 19.4. The number of nitrogens with one attached hydrogen (secondary N) is 3. The largest absolute Gasteiger partial charge is 0.326 e. The molecule has 0 aliphatic rings. The fourth-order valence-corrected chi connectivity index (χ4v) is 4.42. The Morgan fingerprint density at radius 2 is 1.37 bits per heavy atom. The Balaban J connectivity index is 1.40. The van der Waals surface area contributed by atoms with Gasteiger partial charge in [-0.05, 0) is 65.7 Å². The van der Waals surface area contributed by atoms with Crippen LogP contribution in [0.4, 0.5) is 10.5 Å². The van der Waals surface area contributed by atoms with Crippen LogP contribution in [-0.2, 0) is 10.0 Å². The van der Waals surface area contributed by atoms with E-state index in [1.54, 1.807) is 49.4 Å². The molecule has 0 spiro atoms. The van der Waals surface area contributed by atoms with Gasteiger partial charge in [0.05, 0.1) is 4.90 Å². The number of urea groups is 1. The van der Waals surface area contributed by atoms with E-state index in [1.165, 1.54) is 24.3 Å². The van der Waals surface area contributed by atoms with Crippen molar-refractivity contribution in [3.8, 4) is 0 Å². The SMILES string of the molecule is Cc1ccccc1C(=O)NC(=O)Nc1ccc(S(=O)(=O)NC(=O)c2ccc3ccccc3c2)cc1. The van der Waals surface area contributed by atoms with Crippen molar-refractivity contribution >= 4 is 44.3 Å². The highest BCUT2D eigenvalue weighted by Crippen LogP contribution is 2.18. The van der Waals surface area contributed by atoms with Crippen LogP contribution in [0.25, 0.3) is 10.8 Å². The van der Waals surface area contributed by atoms with Crippen LogP contribution in [0, 0.1) is 6.92 Å². The Labute approximate surface area is 202 Å². The lowest BCUT2D eigenvalue weighted by molar-refractivity contribution is 0.0962. The number of anilines is 1. The number of benzene rings is 4. The molecule has 0 heterocycles. The first-order valence-corrected chi connectivity index (χ1v) is 12.1. The Kier molecular flexibility index (Phi) is 6.61. The summed E-state index contributed by atoms with van der Waals surface area (Å²) in [5, 5.41) is 6.44. The molecule has 0 saturated heterocycles. The number of aryl methyl sites for hydroxylation is 1. The molecule has 4 aromatic rings. The lowest BCUT2D eigenvalue weighted by Crippen LogP contribution is -2.34. The Hall–Kier alpha value is -4.50. The van der Waals surface area contributed by atoms with Gasteiger partial charge in [0.2, 0.25) is 0 Å². The molecule has 35 heavy (non-hydrogen) atoms. The second kappa shape index (κ2) is 9.78. The van der Waals surface area contributed by atoms with Gasteiger partial charge < -0.3 is 5.32 Å².